The van der Waals surface area contributed by atoms with Gasteiger partial charge >= 0.3 is 0 Å². The summed E-state index contributed by atoms with van der Waals surface area (Å²) in [7, 11) is 0. The van der Waals surface area contributed by atoms with Gasteiger partial charge in [-0.15, -0.1) is 11.8 Å². The molecule has 0 aromatic heterocycles. The highest BCUT2D eigenvalue weighted by molar-refractivity contribution is 7.98. The summed E-state index contributed by atoms with van der Waals surface area (Å²) >= 11 is 1.10. The van der Waals surface area contributed by atoms with Crippen molar-refractivity contribution >= 4 is 17.8 Å². The van der Waals surface area contributed by atoms with Gasteiger partial charge in [-0.3, -0.25) is 0 Å². The number of hydrogen-bond acceptors (Lipinski definition) is 4. The molecule has 0 radical (unpaired) electrons. The Morgan fingerprint density at radius 3 is 2.93 bits per heavy atom. The molecule has 0 aliphatic rings. The first-order valence-electron chi connectivity index (χ1n) is 3.78. The molecule has 0 bridgehead atoms. The minimum absolute atomic E-state index is 0.0524. The number of carbonyl (C=O) groups excluding carboxylic acids is 1. The number of benzene rings is 1. The van der Waals surface area contributed by atoms with E-state index in [0.29, 0.717) is 0 Å². The maximum Gasteiger partial charge on any atom is 0.235 e. The Hall–Kier alpha value is -1.32. The average Bonchev–Trinajstić information content (AvgIpc) is 2.18. The van der Waals surface area contributed by atoms with Gasteiger partial charge in [-0.2, -0.15) is 0 Å². The van der Waals surface area contributed by atoms with E-state index in [4.69, 9.17) is 0 Å². The molecule has 5 heteroatoms. The molecule has 74 valence electrons. The predicted molar refractivity (Wildman–Crippen MR) is 51.7 cm³/mol. The van der Waals surface area contributed by atoms with Gasteiger partial charge < -0.3 is 5.11 Å². The first kappa shape index (κ1) is 10.8. The van der Waals surface area contributed by atoms with Gasteiger partial charge in [0, 0.05) is 5.56 Å². The topological polar surface area (TPSA) is 49.7 Å². The molecule has 0 aliphatic carbocycles. The van der Waals surface area contributed by atoms with Crippen molar-refractivity contribution in [2.45, 2.75) is 11.4 Å². The van der Waals surface area contributed by atoms with Crippen molar-refractivity contribution in [3.05, 3.63) is 23.5 Å². The molecule has 14 heavy (non-hydrogen) atoms. The monoisotopic (exact) mass is 213 g/mol. The Morgan fingerprint density at radius 2 is 2.36 bits per heavy atom. The average molecular weight is 213 g/mol. The van der Waals surface area contributed by atoms with Gasteiger partial charge in [0.05, 0.1) is 11.4 Å². The van der Waals surface area contributed by atoms with Crippen LogP contribution in [0.3, 0.4) is 0 Å². The lowest BCUT2D eigenvalue weighted by Crippen LogP contribution is -1.91. The SMILES string of the molecule is CSc1c(O)ccc(CN=C=O)c1F. The van der Waals surface area contributed by atoms with E-state index in [2.05, 4.69) is 4.99 Å². The summed E-state index contributed by atoms with van der Waals surface area (Å²) in [6.45, 7) is -0.0524. The van der Waals surface area contributed by atoms with Crippen LogP contribution in [-0.4, -0.2) is 17.4 Å². The standard InChI is InChI=1S/C9H8FNO2S/c1-14-9-7(13)3-2-6(8(9)10)4-11-5-12/h2-3,13H,4H2,1H3. The third-order valence-electron chi connectivity index (χ3n) is 1.67. The zero-order valence-corrected chi connectivity index (χ0v) is 8.27. The summed E-state index contributed by atoms with van der Waals surface area (Å²) in [5.74, 6) is -0.634. The minimum atomic E-state index is -0.531. The molecule has 0 amide bonds. The second-order valence-corrected chi connectivity index (χ2v) is 3.32. The third-order valence-corrected chi connectivity index (χ3v) is 2.47. The van der Waals surface area contributed by atoms with Crippen LogP contribution in [0, 0.1) is 5.82 Å². The quantitative estimate of drug-likeness (QED) is 0.475. The van der Waals surface area contributed by atoms with Crippen LogP contribution in [0.2, 0.25) is 0 Å². The van der Waals surface area contributed by atoms with Crippen LogP contribution in [0.4, 0.5) is 4.39 Å². The molecular weight excluding hydrogens is 205 g/mol. The normalized spacial score (nSPS) is 9.57. The fourth-order valence-corrected chi connectivity index (χ4v) is 1.61. The third kappa shape index (κ3) is 2.13. The second-order valence-electron chi connectivity index (χ2n) is 2.50. The van der Waals surface area contributed by atoms with Gasteiger partial charge in [-0.05, 0) is 12.3 Å². The predicted octanol–water partition coefficient (Wildman–Crippen LogP) is 2.09. The lowest BCUT2D eigenvalue weighted by Gasteiger charge is -2.05. The van der Waals surface area contributed by atoms with E-state index in [0.717, 1.165) is 11.8 Å². The minimum Gasteiger partial charge on any atom is -0.507 e. The van der Waals surface area contributed by atoms with Crippen molar-refractivity contribution < 1.29 is 14.3 Å². The number of thioether (sulfide) groups is 1. The van der Waals surface area contributed by atoms with Crippen LogP contribution < -0.4 is 0 Å². The molecule has 1 aromatic carbocycles. The lowest BCUT2D eigenvalue weighted by atomic mass is 10.2. The first-order chi connectivity index (χ1) is 6.70. The maximum atomic E-state index is 13.5. The number of aromatic hydroxyl groups is 1. The molecule has 1 aromatic rings. The van der Waals surface area contributed by atoms with Gasteiger partial charge in [-0.1, -0.05) is 6.07 Å². The molecule has 0 heterocycles. The number of aliphatic imine (C=N–C) groups is 1. The van der Waals surface area contributed by atoms with Crippen LogP contribution >= 0.6 is 11.8 Å². The molecule has 0 saturated carbocycles. The fourth-order valence-electron chi connectivity index (χ4n) is 1.02. The van der Waals surface area contributed by atoms with E-state index in [1.165, 1.54) is 18.2 Å². The number of phenols is 1. The van der Waals surface area contributed by atoms with E-state index in [1.807, 2.05) is 0 Å². The lowest BCUT2D eigenvalue weighted by molar-refractivity contribution is 0.448. The molecule has 3 nitrogen and oxygen atoms in total. The van der Waals surface area contributed by atoms with Crippen molar-refractivity contribution in [1.29, 1.82) is 0 Å². The molecule has 0 fully saturated rings. The summed E-state index contributed by atoms with van der Waals surface area (Å²) in [6.07, 6.45) is 2.99. The maximum absolute atomic E-state index is 13.5. The smallest absolute Gasteiger partial charge is 0.235 e. The second kappa shape index (κ2) is 4.79. The summed E-state index contributed by atoms with van der Waals surface area (Å²) < 4.78 is 13.5. The molecule has 1 N–H and O–H groups in total. The Kier molecular flexibility index (Phi) is 3.68. The number of nitrogens with zero attached hydrogens (tertiary/aromatic N) is 1. The van der Waals surface area contributed by atoms with E-state index >= 15 is 0 Å². The molecule has 0 atom stereocenters. The van der Waals surface area contributed by atoms with Gasteiger partial charge in [0.25, 0.3) is 0 Å². The number of halogens is 1. The van der Waals surface area contributed by atoms with Crippen LogP contribution in [0.5, 0.6) is 5.75 Å². The number of rotatable bonds is 3. The molecule has 0 aliphatic heterocycles. The summed E-state index contributed by atoms with van der Waals surface area (Å²) in [4.78, 5) is 13.3. The molecule has 0 spiro atoms. The van der Waals surface area contributed by atoms with E-state index in [9.17, 15) is 14.3 Å². The van der Waals surface area contributed by atoms with Crippen LogP contribution in [0.1, 0.15) is 5.56 Å². The highest BCUT2D eigenvalue weighted by Crippen LogP contribution is 2.31. The first-order valence-corrected chi connectivity index (χ1v) is 5.01. The van der Waals surface area contributed by atoms with Crippen LogP contribution in [0.15, 0.2) is 22.0 Å². The number of isocyanates is 1. The van der Waals surface area contributed by atoms with Crippen LogP contribution in [-0.2, 0) is 11.3 Å². The van der Waals surface area contributed by atoms with Crippen molar-refractivity contribution in [1.82, 2.24) is 0 Å². The van der Waals surface area contributed by atoms with Crippen molar-refractivity contribution in [2.24, 2.45) is 4.99 Å². The molecule has 1 rings (SSSR count). The van der Waals surface area contributed by atoms with Gasteiger partial charge in [0.15, 0.2) is 0 Å². The highest BCUT2D eigenvalue weighted by atomic mass is 32.2. The zero-order valence-electron chi connectivity index (χ0n) is 7.45. The Labute approximate surface area is 84.7 Å². The number of phenolic OH excluding ortho intramolecular Hbond substituents is 1. The summed E-state index contributed by atoms with van der Waals surface area (Å²) in [5, 5.41) is 9.27. The van der Waals surface area contributed by atoms with Gasteiger partial charge in [0.1, 0.15) is 11.6 Å². The Balaban J connectivity index is 3.13. The Morgan fingerprint density at radius 1 is 1.64 bits per heavy atom. The van der Waals surface area contributed by atoms with E-state index < -0.39 is 5.82 Å². The van der Waals surface area contributed by atoms with Gasteiger partial charge in [0.2, 0.25) is 6.08 Å². The van der Waals surface area contributed by atoms with Crippen molar-refractivity contribution in [3.63, 3.8) is 0 Å². The van der Waals surface area contributed by atoms with Gasteiger partial charge in [-0.25, -0.2) is 14.2 Å². The van der Waals surface area contributed by atoms with E-state index in [1.54, 1.807) is 6.26 Å². The highest BCUT2D eigenvalue weighted by Gasteiger charge is 2.11. The molecule has 0 saturated heterocycles. The largest absolute Gasteiger partial charge is 0.507 e. The molecular formula is C9H8FNO2S. The van der Waals surface area contributed by atoms with Crippen molar-refractivity contribution in [3.8, 4) is 5.75 Å². The van der Waals surface area contributed by atoms with Crippen LogP contribution in [0.25, 0.3) is 0 Å². The fraction of sp³-hybridized carbons (Fsp3) is 0.222. The van der Waals surface area contributed by atoms with Crippen molar-refractivity contribution in [2.75, 3.05) is 6.26 Å². The summed E-state index contributed by atoms with van der Waals surface area (Å²) in [6, 6.07) is 2.77. The zero-order chi connectivity index (χ0) is 10.6. The molecule has 0 unspecified atom stereocenters. The Bertz CT molecular complexity index is 389. The summed E-state index contributed by atoms with van der Waals surface area (Å²) in [5.41, 5.74) is 0.274. The van der Waals surface area contributed by atoms with E-state index in [-0.39, 0.29) is 22.8 Å². The number of hydrogen-bond donors (Lipinski definition) is 1.